The van der Waals surface area contributed by atoms with E-state index in [9.17, 15) is 32.0 Å². The molecule has 11 heteroatoms. The zero-order valence-corrected chi connectivity index (χ0v) is 17.1. The molecule has 0 aliphatic heterocycles. The fourth-order valence-electron chi connectivity index (χ4n) is 3.61. The minimum absolute atomic E-state index is 0.0159. The van der Waals surface area contributed by atoms with Gasteiger partial charge in [0.05, 0.1) is 22.6 Å². The van der Waals surface area contributed by atoms with E-state index in [0.717, 1.165) is 26.3 Å². The highest BCUT2D eigenvalue weighted by atomic mass is 19.4. The van der Waals surface area contributed by atoms with E-state index in [-0.39, 0.29) is 28.3 Å². The number of hydrogen-bond donors (Lipinski definition) is 1. The van der Waals surface area contributed by atoms with E-state index in [1.54, 1.807) is 4.57 Å². The Balaban J connectivity index is 2.09. The number of halogens is 5. The van der Waals surface area contributed by atoms with Crippen molar-refractivity contribution in [1.29, 1.82) is 5.26 Å². The lowest BCUT2D eigenvalue weighted by atomic mass is 9.78. The van der Waals surface area contributed by atoms with Gasteiger partial charge in [-0.15, -0.1) is 0 Å². The number of aromatic nitrogens is 2. The summed E-state index contributed by atoms with van der Waals surface area (Å²) in [4.78, 5) is 16.7. The van der Waals surface area contributed by atoms with Gasteiger partial charge in [-0.2, -0.15) is 27.2 Å². The Hall–Kier alpha value is -2.90. The van der Waals surface area contributed by atoms with Crippen LogP contribution < -0.4 is 10.1 Å². The fourth-order valence-corrected chi connectivity index (χ4v) is 3.61. The summed E-state index contributed by atoms with van der Waals surface area (Å²) in [6.07, 6.45) is -3.22. The number of ether oxygens (including phenoxy) is 1. The summed E-state index contributed by atoms with van der Waals surface area (Å²) in [5.74, 6) is -1.34. The van der Waals surface area contributed by atoms with E-state index in [1.165, 1.54) is 6.07 Å². The highest BCUT2D eigenvalue weighted by Gasteiger charge is 2.48. The number of hydrogen-bond acceptors (Lipinski definition) is 4. The number of alkyl halides is 5. The molecule has 1 aliphatic rings. The molecule has 168 valence electrons. The van der Waals surface area contributed by atoms with Crippen LogP contribution in [0.15, 0.2) is 12.1 Å². The van der Waals surface area contributed by atoms with Gasteiger partial charge in [-0.3, -0.25) is 10.1 Å². The third-order valence-corrected chi connectivity index (χ3v) is 5.66. The molecule has 1 fully saturated rings. The second kappa shape index (κ2) is 7.66. The number of amides is 1. The van der Waals surface area contributed by atoms with E-state index in [0.29, 0.717) is 12.8 Å². The molecule has 1 aromatic heterocycles. The van der Waals surface area contributed by atoms with Crippen LogP contribution in [0.25, 0.3) is 11.0 Å². The monoisotopic (exact) mass is 444 g/mol. The van der Waals surface area contributed by atoms with E-state index in [4.69, 9.17) is 0 Å². The molecule has 0 bridgehead atoms. The molecule has 0 saturated heterocycles. The number of benzene rings is 1. The van der Waals surface area contributed by atoms with Gasteiger partial charge >= 0.3 is 12.8 Å². The molecule has 2 aromatic rings. The Kier molecular flexibility index (Phi) is 5.63. The Morgan fingerprint density at radius 2 is 2.00 bits per heavy atom. The maximum atomic E-state index is 13.2. The maximum Gasteiger partial charge on any atom is 0.394 e. The largest absolute Gasteiger partial charge is 0.432 e. The SMILES string of the molecule is CC1(n2c(NC(=O)CC(C)(C)C(F)(F)F)nc3c(OC(F)F)cc(C#N)cc32)CCC1. The zero-order chi connectivity index (χ0) is 23.2. The second-order valence-corrected chi connectivity index (χ2v) is 8.56. The summed E-state index contributed by atoms with van der Waals surface area (Å²) in [5.41, 5.74) is -2.51. The number of nitrogens with zero attached hydrogens (tertiary/aromatic N) is 3. The number of imidazole rings is 1. The van der Waals surface area contributed by atoms with Gasteiger partial charge in [0.2, 0.25) is 11.9 Å². The molecule has 1 saturated carbocycles. The molecule has 1 aliphatic carbocycles. The van der Waals surface area contributed by atoms with E-state index in [2.05, 4.69) is 15.0 Å². The summed E-state index contributed by atoms with van der Waals surface area (Å²) < 4.78 is 71.4. The molecule has 0 unspecified atom stereocenters. The Labute approximate surface area is 175 Å². The summed E-state index contributed by atoms with van der Waals surface area (Å²) >= 11 is 0. The molecule has 31 heavy (non-hydrogen) atoms. The molecule has 0 radical (unpaired) electrons. The normalized spacial score (nSPS) is 16.1. The number of fused-ring (bicyclic) bond motifs is 1. The first-order valence-corrected chi connectivity index (χ1v) is 9.56. The standard InChI is InChI=1S/C20H21F5N4O2/c1-18(2,20(23,24)25)9-14(30)27-17-28-15-12(29(17)19(3)5-4-6-19)7-11(10-26)8-13(15)31-16(21)22/h7-8,16H,4-6,9H2,1-3H3,(H,27,28,30). The maximum absolute atomic E-state index is 13.2. The number of nitriles is 1. The summed E-state index contributed by atoms with van der Waals surface area (Å²) in [6, 6.07) is 4.40. The summed E-state index contributed by atoms with van der Waals surface area (Å²) in [5, 5.41) is 11.7. The number of rotatable bonds is 6. The summed E-state index contributed by atoms with van der Waals surface area (Å²) in [7, 11) is 0. The van der Waals surface area contributed by atoms with Gasteiger partial charge in [0.15, 0.2) is 5.75 Å². The van der Waals surface area contributed by atoms with Crippen molar-refractivity contribution in [3.8, 4) is 11.8 Å². The van der Waals surface area contributed by atoms with Gasteiger partial charge in [-0.1, -0.05) is 13.8 Å². The van der Waals surface area contributed by atoms with Crippen molar-refractivity contribution in [3.63, 3.8) is 0 Å². The van der Waals surface area contributed by atoms with Crippen LogP contribution in [-0.2, 0) is 10.3 Å². The minimum Gasteiger partial charge on any atom is -0.432 e. The molecule has 1 amide bonds. The van der Waals surface area contributed by atoms with E-state index >= 15 is 0 Å². The molecule has 1 N–H and O–H groups in total. The Bertz CT molecular complexity index is 1050. The lowest BCUT2D eigenvalue weighted by Gasteiger charge is -2.41. The Morgan fingerprint density at radius 1 is 1.35 bits per heavy atom. The third kappa shape index (κ3) is 4.29. The van der Waals surface area contributed by atoms with Crippen molar-refractivity contribution in [2.45, 2.75) is 64.8 Å². The van der Waals surface area contributed by atoms with Crippen LogP contribution in [0.2, 0.25) is 0 Å². The van der Waals surface area contributed by atoms with Crippen molar-refractivity contribution in [3.05, 3.63) is 17.7 Å². The van der Waals surface area contributed by atoms with Gasteiger partial charge < -0.3 is 9.30 Å². The topological polar surface area (TPSA) is 79.9 Å². The fraction of sp³-hybridized carbons (Fsp3) is 0.550. The highest BCUT2D eigenvalue weighted by molar-refractivity contribution is 5.93. The van der Waals surface area contributed by atoms with Gasteiger partial charge in [-0.05, 0) is 32.3 Å². The van der Waals surface area contributed by atoms with Gasteiger partial charge in [-0.25, -0.2) is 4.98 Å². The van der Waals surface area contributed by atoms with Crippen LogP contribution in [0.1, 0.15) is 52.0 Å². The average Bonchev–Trinajstić information content (AvgIpc) is 2.95. The molecular formula is C20H21F5N4O2. The van der Waals surface area contributed by atoms with Crippen molar-refractivity contribution in [2.75, 3.05) is 5.32 Å². The van der Waals surface area contributed by atoms with Gasteiger partial charge in [0.25, 0.3) is 0 Å². The molecule has 6 nitrogen and oxygen atoms in total. The number of carbonyl (C=O) groups is 1. The van der Waals surface area contributed by atoms with Crippen LogP contribution in [-0.4, -0.2) is 28.2 Å². The van der Waals surface area contributed by atoms with Gasteiger partial charge in [0, 0.05) is 18.0 Å². The zero-order valence-electron chi connectivity index (χ0n) is 17.1. The third-order valence-electron chi connectivity index (χ3n) is 5.66. The Morgan fingerprint density at radius 3 is 2.48 bits per heavy atom. The molecule has 0 spiro atoms. The molecular weight excluding hydrogens is 423 g/mol. The number of nitrogens with one attached hydrogen (secondary N) is 1. The van der Waals surface area contributed by atoms with E-state index < -0.39 is 36.1 Å². The molecule has 1 aromatic carbocycles. The molecule has 0 atom stereocenters. The quantitative estimate of drug-likeness (QED) is 0.611. The predicted molar refractivity (Wildman–Crippen MR) is 102 cm³/mol. The predicted octanol–water partition coefficient (Wildman–Crippen LogP) is 5.33. The number of carbonyl (C=O) groups excluding carboxylic acids is 1. The van der Waals surface area contributed by atoms with Crippen LogP contribution >= 0.6 is 0 Å². The van der Waals surface area contributed by atoms with Crippen molar-refractivity contribution < 1.29 is 31.5 Å². The lowest BCUT2D eigenvalue weighted by molar-refractivity contribution is -0.213. The van der Waals surface area contributed by atoms with E-state index in [1.807, 2.05) is 13.0 Å². The number of anilines is 1. The minimum atomic E-state index is -4.59. The molecule has 3 rings (SSSR count). The van der Waals surface area contributed by atoms with Crippen LogP contribution in [0.4, 0.5) is 27.9 Å². The molecule has 1 heterocycles. The second-order valence-electron chi connectivity index (χ2n) is 8.56. The van der Waals surface area contributed by atoms with Crippen molar-refractivity contribution in [2.24, 2.45) is 5.41 Å². The first-order chi connectivity index (χ1) is 14.3. The van der Waals surface area contributed by atoms with Crippen molar-refractivity contribution >= 4 is 22.9 Å². The first kappa shape index (κ1) is 22.8. The highest BCUT2D eigenvalue weighted by Crippen LogP contribution is 2.45. The first-order valence-electron chi connectivity index (χ1n) is 9.56. The summed E-state index contributed by atoms with van der Waals surface area (Å²) in [6.45, 7) is 0.513. The smallest absolute Gasteiger partial charge is 0.394 e. The lowest BCUT2D eigenvalue weighted by Crippen LogP contribution is -2.39. The van der Waals surface area contributed by atoms with Crippen LogP contribution in [0.5, 0.6) is 5.75 Å². The van der Waals surface area contributed by atoms with Gasteiger partial charge in [0.1, 0.15) is 5.52 Å². The van der Waals surface area contributed by atoms with Crippen LogP contribution in [0, 0.1) is 16.7 Å². The average molecular weight is 444 g/mol. The van der Waals surface area contributed by atoms with Crippen LogP contribution in [0.3, 0.4) is 0 Å². The van der Waals surface area contributed by atoms with Crippen molar-refractivity contribution in [1.82, 2.24) is 9.55 Å².